The molecule has 0 aliphatic heterocycles. The van der Waals surface area contributed by atoms with Crippen molar-refractivity contribution >= 4 is 5.97 Å². The van der Waals surface area contributed by atoms with Crippen LogP contribution in [0.3, 0.4) is 0 Å². The maximum absolute atomic E-state index is 11.7. The smallest absolute Gasteiger partial charge is 0.336 e. The highest BCUT2D eigenvalue weighted by molar-refractivity contribution is 5.91. The predicted octanol–water partition coefficient (Wildman–Crippen LogP) is 7.37. The minimum Gasteiger partial charge on any atom is -0.478 e. The van der Waals surface area contributed by atoms with Gasteiger partial charge in [0.2, 0.25) is 5.89 Å². The van der Waals surface area contributed by atoms with E-state index in [0.29, 0.717) is 23.6 Å². The Balaban J connectivity index is 1.26. The van der Waals surface area contributed by atoms with Crippen molar-refractivity contribution < 1.29 is 23.8 Å². The molecule has 38 heavy (non-hydrogen) atoms. The van der Waals surface area contributed by atoms with Gasteiger partial charge in [-0.3, -0.25) is 0 Å². The van der Waals surface area contributed by atoms with Gasteiger partial charge in [0, 0.05) is 11.1 Å². The number of ether oxygens (including phenoxy) is 2. The molecule has 6 nitrogen and oxygen atoms in total. The average Bonchev–Trinajstić information content (AvgIpc) is 3.36. The number of carbonyl (C=O) groups is 1. The third-order valence-electron chi connectivity index (χ3n) is 7.11. The highest BCUT2D eigenvalue weighted by atomic mass is 16.5. The van der Waals surface area contributed by atoms with Crippen molar-refractivity contribution in [2.75, 3.05) is 0 Å². The van der Waals surface area contributed by atoms with Crippen molar-refractivity contribution in [1.82, 2.24) is 4.98 Å². The summed E-state index contributed by atoms with van der Waals surface area (Å²) in [6.07, 6.45) is 3.70. The fourth-order valence-electron chi connectivity index (χ4n) is 5.05. The van der Waals surface area contributed by atoms with Crippen LogP contribution in [0.1, 0.15) is 58.4 Å². The number of nitrogens with zero attached hydrogens (tertiary/aromatic N) is 1. The zero-order valence-corrected chi connectivity index (χ0v) is 21.9. The fraction of sp³-hybridized carbons (Fsp3) is 0.312. The lowest BCUT2D eigenvalue weighted by molar-refractivity contribution is -0.0562. The first-order chi connectivity index (χ1) is 18.5. The summed E-state index contributed by atoms with van der Waals surface area (Å²) in [5.41, 5.74) is 5.65. The van der Waals surface area contributed by atoms with Crippen molar-refractivity contribution in [2.24, 2.45) is 0 Å². The van der Waals surface area contributed by atoms with Gasteiger partial charge in [0.1, 0.15) is 5.69 Å². The molecule has 1 saturated carbocycles. The zero-order chi connectivity index (χ0) is 26.5. The molecule has 0 amide bonds. The van der Waals surface area contributed by atoms with Crippen LogP contribution in [-0.2, 0) is 22.7 Å². The molecule has 1 aromatic heterocycles. The van der Waals surface area contributed by atoms with Gasteiger partial charge >= 0.3 is 5.97 Å². The van der Waals surface area contributed by atoms with Crippen LogP contribution in [0, 0.1) is 13.8 Å². The third-order valence-corrected chi connectivity index (χ3v) is 7.11. The molecule has 5 rings (SSSR count). The first-order valence-electron chi connectivity index (χ1n) is 13.1. The van der Waals surface area contributed by atoms with Gasteiger partial charge in [-0.2, -0.15) is 0 Å². The minimum absolute atomic E-state index is 0.0185. The van der Waals surface area contributed by atoms with Crippen LogP contribution in [0.15, 0.2) is 77.2 Å². The van der Waals surface area contributed by atoms with Gasteiger partial charge in [0.05, 0.1) is 31.0 Å². The summed E-state index contributed by atoms with van der Waals surface area (Å²) in [7, 11) is 0. The van der Waals surface area contributed by atoms with Gasteiger partial charge in [-0.25, -0.2) is 9.78 Å². The molecule has 0 saturated heterocycles. The molecule has 1 aliphatic rings. The topological polar surface area (TPSA) is 81.8 Å². The highest BCUT2D eigenvalue weighted by Gasteiger charge is 2.25. The van der Waals surface area contributed by atoms with Crippen molar-refractivity contribution in [3.05, 3.63) is 101 Å². The van der Waals surface area contributed by atoms with Crippen LogP contribution in [0.2, 0.25) is 0 Å². The number of hydrogen-bond acceptors (Lipinski definition) is 5. The van der Waals surface area contributed by atoms with Crippen molar-refractivity contribution in [3.8, 4) is 22.8 Å². The largest absolute Gasteiger partial charge is 0.478 e. The summed E-state index contributed by atoms with van der Waals surface area (Å²) >= 11 is 0. The van der Waals surface area contributed by atoms with Gasteiger partial charge in [-0.05, 0) is 62.8 Å². The van der Waals surface area contributed by atoms with Crippen LogP contribution >= 0.6 is 0 Å². The summed E-state index contributed by atoms with van der Waals surface area (Å²) in [6.45, 7) is 4.50. The van der Waals surface area contributed by atoms with Crippen molar-refractivity contribution in [1.29, 1.82) is 0 Å². The number of aromatic nitrogens is 1. The summed E-state index contributed by atoms with van der Waals surface area (Å²) < 4.78 is 18.8. The monoisotopic (exact) mass is 511 g/mol. The van der Waals surface area contributed by atoms with Crippen molar-refractivity contribution in [2.45, 2.75) is 65.0 Å². The third kappa shape index (κ3) is 6.04. The Hall–Kier alpha value is -3.74. The van der Waals surface area contributed by atoms with E-state index < -0.39 is 5.97 Å². The number of rotatable bonds is 9. The number of benzene rings is 3. The summed E-state index contributed by atoms with van der Waals surface area (Å²) in [5, 5.41) is 9.61. The van der Waals surface area contributed by atoms with Crippen LogP contribution in [0.4, 0.5) is 0 Å². The van der Waals surface area contributed by atoms with Crippen LogP contribution in [0.5, 0.6) is 0 Å². The zero-order valence-electron chi connectivity index (χ0n) is 21.9. The lowest BCUT2D eigenvalue weighted by Crippen LogP contribution is -2.28. The summed E-state index contributed by atoms with van der Waals surface area (Å²) in [5.74, 6) is 0.392. The first kappa shape index (κ1) is 25.9. The summed E-state index contributed by atoms with van der Waals surface area (Å²) in [6, 6.07) is 23.7. The molecule has 4 aromatic rings. The Labute approximate surface area is 223 Å². The molecule has 2 atom stereocenters. The van der Waals surface area contributed by atoms with E-state index in [0.717, 1.165) is 53.8 Å². The number of hydrogen-bond donors (Lipinski definition) is 1. The van der Waals surface area contributed by atoms with Gasteiger partial charge < -0.3 is 19.0 Å². The molecule has 1 heterocycles. The van der Waals surface area contributed by atoms with E-state index in [4.69, 9.17) is 18.9 Å². The fourth-order valence-corrected chi connectivity index (χ4v) is 5.05. The number of oxazole rings is 1. The van der Waals surface area contributed by atoms with Crippen molar-refractivity contribution in [3.63, 3.8) is 0 Å². The first-order valence-corrected chi connectivity index (χ1v) is 13.1. The van der Waals surface area contributed by atoms with E-state index in [2.05, 4.69) is 19.1 Å². The minimum atomic E-state index is -0.918. The molecule has 1 fully saturated rings. The van der Waals surface area contributed by atoms with E-state index in [1.165, 1.54) is 5.56 Å². The molecule has 1 N–H and O–H groups in total. The molecule has 0 bridgehead atoms. The Morgan fingerprint density at radius 3 is 2.32 bits per heavy atom. The normalized spacial score (nSPS) is 17.4. The molecule has 196 valence electrons. The van der Waals surface area contributed by atoms with Gasteiger partial charge in [0.15, 0.2) is 5.76 Å². The second-order valence-electron chi connectivity index (χ2n) is 9.97. The van der Waals surface area contributed by atoms with Crippen LogP contribution in [0.25, 0.3) is 22.8 Å². The second-order valence-corrected chi connectivity index (χ2v) is 9.97. The molecular formula is C32H33NO5. The lowest BCUT2D eigenvalue weighted by atomic mass is 9.94. The van der Waals surface area contributed by atoms with E-state index in [9.17, 15) is 9.90 Å². The molecular weight excluding hydrogens is 478 g/mol. The van der Waals surface area contributed by atoms with Crippen LogP contribution in [-0.4, -0.2) is 28.3 Å². The van der Waals surface area contributed by atoms with E-state index in [1.807, 2.05) is 67.6 Å². The maximum Gasteiger partial charge on any atom is 0.336 e. The van der Waals surface area contributed by atoms with Gasteiger partial charge in [0.25, 0.3) is 0 Å². The maximum atomic E-state index is 11.7. The highest BCUT2D eigenvalue weighted by Crippen LogP contribution is 2.32. The second kappa shape index (κ2) is 11.8. The average molecular weight is 512 g/mol. The lowest BCUT2D eigenvalue weighted by Gasteiger charge is -2.29. The standard InChI is InChI=1S/C32H33NO5/c1-21-14-16-24(17-15-21)31-33-28(30(38-31)23-9-4-3-5-10-23)20-37-27-13-7-12-26(18-27)36-19-25-11-6-8-22(2)29(25)32(34)35/h3-6,8-11,14-17,26-27H,7,12-13,18-20H2,1-2H3,(H,34,35)/t26-,27+/m1/s1. The SMILES string of the molecule is Cc1ccc(-c2nc(CO[C@H]3CCC[C@@H](OCc4cccc(C)c4C(=O)O)C3)c(-c3ccccc3)o2)cc1. The van der Waals surface area contributed by atoms with E-state index in [1.54, 1.807) is 0 Å². The molecule has 0 radical (unpaired) electrons. The molecule has 0 spiro atoms. The Morgan fingerprint density at radius 2 is 1.61 bits per heavy atom. The Kier molecular flexibility index (Phi) is 8.01. The Bertz CT molecular complexity index is 1380. The molecule has 0 unspecified atom stereocenters. The number of carboxylic acid groups (broad SMARTS) is 1. The van der Waals surface area contributed by atoms with E-state index >= 15 is 0 Å². The van der Waals surface area contributed by atoms with Crippen LogP contribution < -0.4 is 0 Å². The molecule has 3 aromatic carbocycles. The van der Waals surface area contributed by atoms with Gasteiger partial charge in [-0.1, -0.05) is 66.2 Å². The molecule has 6 heteroatoms. The number of carboxylic acids is 1. The summed E-state index contributed by atoms with van der Waals surface area (Å²) in [4.78, 5) is 16.5. The van der Waals surface area contributed by atoms with Gasteiger partial charge in [-0.15, -0.1) is 0 Å². The predicted molar refractivity (Wildman–Crippen MR) is 146 cm³/mol. The number of aryl methyl sites for hydroxylation is 2. The number of aromatic carboxylic acids is 1. The van der Waals surface area contributed by atoms with E-state index in [-0.39, 0.29) is 18.8 Å². The molecule has 1 aliphatic carbocycles. The quantitative estimate of drug-likeness (QED) is 0.253. The Morgan fingerprint density at radius 1 is 0.895 bits per heavy atom.